The van der Waals surface area contributed by atoms with Crippen molar-refractivity contribution in [2.75, 3.05) is 0 Å². The molecule has 0 saturated carbocycles. The zero-order valence-electron chi connectivity index (χ0n) is 13.6. The summed E-state index contributed by atoms with van der Waals surface area (Å²) in [6.45, 7) is 0. The minimum atomic E-state index is -5.29. The lowest BCUT2D eigenvalue weighted by atomic mass is 9.77. The third-order valence-corrected chi connectivity index (χ3v) is 4.63. The molecule has 27 heavy (non-hydrogen) atoms. The second-order valence-electron chi connectivity index (χ2n) is 6.10. The summed E-state index contributed by atoms with van der Waals surface area (Å²) in [5, 5.41) is 14.5. The summed E-state index contributed by atoms with van der Waals surface area (Å²) >= 11 is 5.81. The van der Waals surface area contributed by atoms with E-state index in [2.05, 4.69) is 5.32 Å². The number of carbonyl (C=O) groups excluding carboxylic acids is 2. The Bertz CT molecular complexity index is 858. The standard InChI is InChI=1S/C18H14ClF3N2O3/c19-12-8-6-10(7-9-12)14-13(15(25)11-4-2-1-3-5-11)17(27,18(20,21)22)24-16(26)23-14/h1-9,13-14,27H,(H2,23,24,26)/t13-,14+,17-/m0/s1. The fourth-order valence-corrected chi connectivity index (χ4v) is 3.19. The Labute approximate surface area is 157 Å². The van der Waals surface area contributed by atoms with Gasteiger partial charge in [0.1, 0.15) is 5.92 Å². The molecule has 0 radical (unpaired) electrons. The predicted molar refractivity (Wildman–Crippen MR) is 91.1 cm³/mol. The van der Waals surface area contributed by atoms with Gasteiger partial charge in [-0.05, 0) is 17.7 Å². The Morgan fingerprint density at radius 3 is 2.22 bits per heavy atom. The molecule has 0 aromatic heterocycles. The predicted octanol–water partition coefficient (Wildman–Crippen LogP) is 3.44. The highest BCUT2D eigenvalue weighted by Gasteiger charge is 2.66. The molecular weight excluding hydrogens is 385 g/mol. The number of nitrogens with one attached hydrogen (secondary N) is 2. The number of alkyl halides is 3. The molecule has 2 aromatic rings. The number of carbonyl (C=O) groups is 2. The highest BCUT2D eigenvalue weighted by atomic mass is 35.5. The molecule has 5 nitrogen and oxygen atoms in total. The molecule has 0 unspecified atom stereocenters. The van der Waals surface area contributed by atoms with Crippen molar-refractivity contribution >= 4 is 23.4 Å². The van der Waals surface area contributed by atoms with Gasteiger partial charge in [-0.1, -0.05) is 54.1 Å². The monoisotopic (exact) mass is 398 g/mol. The lowest BCUT2D eigenvalue weighted by Gasteiger charge is -2.45. The zero-order chi connectivity index (χ0) is 19.8. The average Bonchev–Trinajstić information content (AvgIpc) is 2.61. The van der Waals surface area contributed by atoms with Gasteiger partial charge in [0.2, 0.25) is 5.72 Å². The van der Waals surface area contributed by atoms with Gasteiger partial charge in [-0.2, -0.15) is 13.2 Å². The molecule has 1 aliphatic heterocycles. The number of hydrogen-bond donors (Lipinski definition) is 3. The highest BCUT2D eigenvalue weighted by molar-refractivity contribution is 6.30. The number of rotatable bonds is 3. The first-order valence-corrected chi connectivity index (χ1v) is 8.24. The van der Waals surface area contributed by atoms with Crippen LogP contribution in [0.5, 0.6) is 0 Å². The molecule has 0 aliphatic carbocycles. The van der Waals surface area contributed by atoms with Crippen molar-refractivity contribution in [2.45, 2.75) is 17.9 Å². The molecule has 3 atom stereocenters. The summed E-state index contributed by atoms with van der Waals surface area (Å²) in [6.07, 6.45) is -5.29. The zero-order valence-corrected chi connectivity index (χ0v) is 14.4. The molecule has 0 bridgehead atoms. The lowest BCUT2D eigenvalue weighted by Crippen LogP contribution is -2.72. The van der Waals surface area contributed by atoms with Crippen molar-refractivity contribution in [2.24, 2.45) is 5.92 Å². The SMILES string of the molecule is O=C1N[C@H](c2ccc(Cl)cc2)[C@@H](C(=O)c2ccccc2)[C@](O)(C(F)(F)F)N1. The van der Waals surface area contributed by atoms with Gasteiger partial charge in [0, 0.05) is 10.6 Å². The van der Waals surface area contributed by atoms with Crippen LogP contribution >= 0.6 is 11.6 Å². The quantitative estimate of drug-likeness (QED) is 0.693. The van der Waals surface area contributed by atoms with Crippen LogP contribution in [-0.4, -0.2) is 28.8 Å². The van der Waals surface area contributed by atoms with E-state index in [0.29, 0.717) is 5.02 Å². The van der Waals surface area contributed by atoms with E-state index in [1.54, 1.807) is 6.07 Å². The molecule has 0 spiro atoms. The van der Waals surface area contributed by atoms with E-state index in [4.69, 9.17) is 11.6 Å². The summed E-state index contributed by atoms with van der Waals surface area (Å²) < 4.78 is 41.1. The van der Waals surface area contributed by atoms with Gasteiger partial charge in [0.05, 0.1) is 6.04 Å². The van der Waals surface area contributed by atoms with Crippen LogP contribution in [0, 0.1) is 5.92 Å². The molecule has 2 amide bonds. The van der Waals surface area contributed by atoms with E-state index >= 15 is 0 Å². The second kappa shape index (κ2) is 6.86. The van der Waals surface area contributed by atoms with Gasteiger partial charge in [0.25, 0.3) is 0 Å². The van der Waals surface area contributed by atoms with Gasteiger partial charge < -0.3 is 15.7 Å². The summed E-state index contributed by atoms with van der Waals surface area (Å²) in [5.74, 6) is -3.03. The Morgan fingerprint density at radius 1 is 1.07 bits per heavy atom. The second-order valence-corrected chi connectivity index (χ2v) is 6.54. The summed E-state index contributed by atoms with van der Waals surface area (Å²) in [5.41, 5.74) is -3.57. The van der Waals surface area contributed by atoms with Crippen LogP contribution in [0.15, 0.2) is 54.6 Å². The molecule has 1 saturated heterocycles. The van der Waals surface area contributed by atoms with Gasteiger partial charge >= 0.3 is 12.2 Å². The summed E-state index contributed by atoms with van der Waals surface area (Å²) in [6, 6.07) is 10.2. The smallest absolute Gasteiger partial charge is 0.363 e. The van der Waals surface area contributed by atoms with Crippen molar-refractivity contribution in [3.05, 3.63) is 70.7 Å². The number of benzene rings is 2. The fraction of sp³-hybridized carbons (Fsp3) is 0.222. The number of Topliss-reactive ketones (excluding diaryl/α,β-unsaturated/α-hetero) is 1. The van der Waals surface area contributed by atoms with E-state index in [0.717, 1.165) is 0 Å². The first-order chi connectivity index (χ1) is 12.6. The van der Waals surface area contributed by atoms with Crippen LogP contribution in [-0.2, 0) is 0 Å². The number of amides is 2. The molecule has 142 valence electrons. The first-order valence-electron chi connectivity index (χ1n) is 7.86. The van der Waals surface area contributed by atoms with Gasteiger partial charge in [-0.25, -0.2) is 4.79 Å². The molecule has 1 heterocycles. The largest absolute Gasteiger partial charge is 0.437 e. The molecular formula is C18H14ClF3N2O3. The molecule has 1 fully saturated rings. The molecule has 3 N–H and O–H groups in total. The summed E-state index contributed by atoms with van der Waals surface area (Å²) in [4.78, 5) is 24.8. The van der Waals surface area contributed by atoms with E-state index < -0.39 is 35.7 Å². The van der Waals surface area contributed by atoms with Crippen LogP contribution in [0.1, 0.15) is 22.0 Å². The average molecular weight is 399 g/mol. The number of hydrogen-bond acceptors (Lipinski definition) is 3. The summed E-state index contributed by atoms with van der Waals surface area (Å²) in [7, 11) is 0. The Morgan fingerprint density at radius 2 is 1.67 bits per heavy atom. The van der Waals surface area contributed by atoms with Crippen LogP contribution in [0.25, 0.3) is 0 Å². The van der Waals surface area contributed by atoms with E-state index in [1.165, 1.54) is 53.8 Å². The number of halogens is 4. The number of urea groups is 1. The van der Waals surface area contributed by atoms with E-state index in [9.17, 15) is 27.9 Å². The molecule has 2 aromatic carbocycles. The molecule has 3 rings (SSSR count). The minimum absolute atomic E-state index is 0.0258. The lowest BCUT2D eigenvalue weighted by molar-refractivity contribution is -0.287. The number of ketones is 1. The Hall–Kier alpha value is -2.58. The van der Waals surface area contributed by atoms with Crippen molar-refractivity contribution in [1.82, 2.24) is 10.6 Å². The van der Waals surface area contributed by atoms with E-state index in [1.807, 2.05) is 0 Å². The van der Waals surface area contributed by atoms with Crippen molar-refractivity contribution in [3.63, 3.8) is 0 Å². The van der Waals surface area contributed by atoms with Gasteiger partial charge in [0.15, 0.2) is 5.78 Å². The van der Waals surface area contributed by atoms with Crippen molar-refractivity contribution < 1.29 is 27.9 Å². The normalized spacial score (nSPS) is 25.4. The maximum atomic E-state index is 13.7. The van der Waals surface area contributed by atoms with Gasteiger partial charge in [-0.15, -0.1) is 0 Å². The molecule has 1 aliphatic rings. The first kappa shape index (κ1) is 19.2. The van der Waals surface area contributed by atoms with Crippen LogP contribution < -0.4 is 10.6 Å². The van der Waals surface area contributed by atoms with Crippen LogP contribution in [0.2, 0.25) is 5.02 Å². The maximum Gasteiger partial charge on any atom is 0.437 e. The Balaban J connectivity index is 2.15. The molecule has 9 heteroatoms. The fourth-order valence-electron chi connectivity index (χ4n) is 3.07. The van der Waals surface area contributed by atoms with Crippen LogP contribution in [0.3, 0.4) is 0 Å². The third kappa shape index (κ3) is 3.50. The maximum absolute atomic E-state index is 13.7. The Kier molecular flexibility index (Phi) is 4.88. The van der Waals surface area contributed by atoms with E-state index in [-0.39, 0.29) is 11.1 Å². The van der Waals surface area contributed by atoms with Crippen LogP contribution in [0.4, 0.5) is 18.0 Å². The highest BCUT2D eigenvalue weighted by Crippen LogP contribution is 2.44. The number of aliphatic hydroxyl groups is 1. The van der Waals surface area contributed by atoms with Crippen molar-refractivity contribution in [1.29, 1.82) is 0 Å². The van der Waals surface area contributed by atoms with Crippen molar-refractivity contribution in [3.8, 4) is 0 Å². The third-order valence-electron chi connectivity index (χ3n) is 4.38. The topological polar surface area (TPSA) is 78.4 Å². The minimum Gasteiger partial charge on any atom is -0.363 e. The van der Waals surface area contributed by atoms with Gasteiger partial charge in [-0.3, -0.25) is 4.79 Å².